The number of rotatable bonds is 7. The first-order chi connectivity index (χ1) is 14.4. The van der Waals surface area contributed by atoms with Crippen molar-refractivity contribution in [1.29, 1.82) is 0 Å². The molecule has 7 heteroatoms. The molecule has 30 heavy (non-hydrogen) atoms. The third-order valence-corrected chi connectivity index (χ3v) is 5.88. The lowest BCUT2D eigenvalue weighted by Gasteiger charge is -2.34. The van der Waals surface area contributed by atoms with Crippen LogP contribution in [-0.4, -0.2) is 60.9 Å². The molecule has 0 unspecified atom stereocenters. The summed E-state index contributed by atoms with van der Waals surface area (Å²) in [4.78, 5) is 28.9. The highest BCUT2D eigenvalue weighted by atomic mass is 35.5. The highest BCUT2D eigenvalue weighted by Crippen LogP contribution is 2.22. The van der Waals surface area contributed by atoms with Gasteiger partial charge in [0.1, 0.15) is 0 Å². The van der Waals surface area contributed by atoms with Crippen molar-refractivity contribution >= 4 is 29.1 Å². The number of anilines is 1. The van der Waals surface area contributed by atoms with Crippen LogP contribution in [0.5, 0.6) is 0 Å². The summed E-state index contributed by atoms with van der Waals surface area (Å²) in [5, 5.41) is 6.08. The van der Waals surface area contributed by atoms with Gasteiger partial charge in [-0.2, -0.15) is 0 Å². The maximum Gasteiger partial charge on any atom is 0.243 e. The summed E-state index contributed by atoms with van der Waals surface area (Å²) in [6.45, 7) is 8.71. The topological polar surface area (TPSA) is 64.7 Å². The highest BCUT2D eigenvalue weighted by Gasteiger charge is 2.19. The number of aryl methyl sites for hydroxylation is 1. The maximum atomic E-state index is 12.2. The van der Waals surface area contributed by atoms with Gasteiger partial charge in [-0.1, -0.05) is 41.9 Å². The fourth-order valence-electron chi connectivity index (χ4n) is 3.51. The molecule has 1 saturated heterocycles. The van der Waals surface area contributed by atoms with Gasteiger partial charge in [0.15, 0.2) is 0 Å². The lowest BCUT2D eigenvalue weighted by atomic mass is 10.1. The predicted octanol–water partition coefficient (Wildman–Crippen LogP) is 2.83. The van der Waals surface area contributed by atoms with E-state index in [2.05, 4.69) is 51.6 Å². The van der Waals surface area contributed by atoms with Crippen LogP contribution in [0.3, 0.4) is 0 Å². The normalized spacial score (nSPS) is 15.0. The van der Waals surface area contributed by atoms with Gasteiger partial charge in [0.25, 0.3) is 0 Å². The zero-order chi connectivity index (χ0) is 21.5. The maximum absolute atomic E-state index is 12.2. The quantitative estimate of drug-likeness (QED) is 0.711. The third-order valence-electron chi connectivity index (χ3n) is 5.48. The van der Waals surface area contributed by atoms with Crippen LogP contribution in [0.15, 0.2) is 42.5 Å². The number of amides is 2. The van der Waals surface area contributed by atoms with Crippen molar-refractivity contribution in [3.63, 3.8) is 0 Å². The zero-order valence-corrected chi connectivity index (χ0v) is 18.3. The molecule has 160 valence electrons. The van der Waals surface area contributed by atoms with E-state index in [4.69, 9.17) is 11.6 Å². The average molecular weight is 429 g/mol. The van der Waals surface area contributed by atoms with Crippen LogP contribution in [0.1, 0.15) is 16.7 Å². The second-order valence-corrected chi connectivity index (χ2v) is 8.12. The van der Waals surface area contributed by atoms with E-state index in [1.807, 2.05) is 6.92 Å². The van der Waals surface area contributed by atoms with Crippen molar-refractivity contribution in [2.24, 2.45) is 0 Å². The molecule has 2 N–H and O–H groups in total. The Morgan fingerprint density at radius 2 is 1.63 bits per heavy atom. The summed E-state index contributed by atoms with van der Waals surface area (Å²) in [5.41, 5.74) is 4.13. The molecule has 1 heterocycles. The van der Waals surface area contributed by atoms with E-state index in [0.717, 1.165) is 38.3 Å². The molecular formula is C23H29ClN4O2. The number of carbonyl (C=O) groups is 2. The SMILES string of the molecule is Cc1ccccc1CN1CCN(CC(=O)NCC(=O)Nc2cccc(Cl)c2C)CC1. The van der Waals surface area contributed by atoms with E-state index >= 15 is 0 Å². The van der Waals surface area contributed by atoms with E-state index in [-0.39, 0.29) is 18.4 Å². The van der Waals surface area contributed by atoms with E-state index in [1.54, 1.807) is 18.2 Å². The number of hydrogen-bond donors (Lipinski definition) is 2. The Morgan fingerprint density at radius 1 is 0.933 bits per heavy atom. The Bertz CT molecular complexity index is 895. The summed E-state index contributed by atoms with van der Waals surface area (Å²) in [7, 11) is 0. The van der Waals surface area contributed by atoms with Crippen LogP contribution in [0.2, 0.25) is 5.02 Å². The molecule has 0 aromatic heterocycles. The number of hydrogen-bond acceptors (Lipinski definition) is 4. The van der Waals surface area contributed by atoms with Crippen molar-refractivity contribution < 1.29 is 9.59 Å². The summed E-state index contributed by atoms with van der Waals surface area (Å²) in [6.07, 6.45) is 0. The minimum absolute atomic E-state index is 0.0575. The summed E-state index contributed by atoms with van der Waals surface area (Å²) >= 11 is 6.07. The van der Waals surface area contributed by atoms with Crippen LogP contribution >= 0.6 is 11.6 Å². The van der Waals surface area contributed by atoms with Gasteiger partial charge in [0, 0.05) is 43.4 Å². The van der Waals surface area contributed by atoms with Gasteiger partial charge in [-0.3, -0.25) is 19.4 Å². The van der Waals surface area contributed by atoms with Crippen molar-refractivity contribution in [2.45, 2.75) is 20.4 Å². The molecule has 0 radical (unpaired) electrons. The van der Waals surface area contributed by atoms with Gasteiger partial charge in [0.2, 0.25) is 11.8 Å². The average Bonchev–Trinajstić information content (AvgIpc) is 2.73. The van der Waals surface area contributed by atoms with Crippen molar-refractivity contribution in [1.82, 2.24) is 15.1 Å². The predicted molar refractivity (Wildman–Crippen MR) is 121 cm³/mol. The first-order valence-electron chi connectivity index (χ1n) is 10.2. The Balaban J connectivity index is 1.37. The third kappa shape index (κ3) is 6.29. The second-order valence-electron chi connectivity index (χ2n) is 7.72. The number of halogens is 1. The minimum atomic E-state index is -0.267. The zero-order valence-electron chi connectivity index (χ0n) is 17.6. The minimum Gasteiger partial charge on any atom is -0.346 e. The van der Waals surface area contributed by atoms with Gasteiger partial charge in [-0.15, -0.1) is 0 Å². The van der Waals surface area contributed by atoms with E-state index in [0.29, 0.717) is 17.3 Å². The number of nitrogens with zero attached hydrogens (tertiary/aromatic N) is 2. The molecule has 3 rings (SSSR count). The van der Waals surface area contributed by atoms with Crippen LogP contribution in [0, 0.1) is 13.8 Å². The highest BCUT2D eigenvalue weighted by molar-refractivity contribution is 6.31. The molecule has 6 nitrogen and oxygen atoms in total. The van der Waals surface area contributed by atoms with Crippen LogP contribution in [-0.2, 0) is 16.1 Å². The largest absolute Gasteiger partial charge is 0.346 e. The van der Waals surface area contributed by atoms with Gasteiger partial charge in [-0.05, 0) is 42.7 Å². The summed E-state index contributed by atoms with van der Waals surface area (Å²) < 4.78 is 0. The summed E-state index contributed by atoms with van der Waals surface area (Å²) in [6, 6.07) is 13.8. The molecule has 1 aliphatic heterocycles. The van der Waals surface area contributed by atoms with Crippen molar-refractivity contribution in [3.8, 4) is 0 Å². The fraction of sp³-hybridized carbons (Fsp3) is 0.391. The molecule has 2 aromatic rings. The molecule has 0 aliphatic carbocycles. The van der Waals surface area contributed by atoms with E-state index in [1.165, 1.54) is 11.1 Å². The van der Waals surface area contributed by atoms with E-state index < -0.39 is 0 Å². The smallest absolute Gasteiger partial charge is 0.243 e. The van der Waals surface area contributed by atoms with Gasteiger partial charge in [-0.25, -0.2) is 0 Å². The lowest BCUT2D eigenvalue weighted by molar-refractivity contribution is -0.125. The van der Waals surface area contributed by atoms with Crippen LogP contribution in [0.4, 0.5) is 5.69 Å². The second kappa shape index (κ2) is 10.6. The van der Waals surface area contributed by atoms with Crippen LogP contribution < -0.4 is 10.6 Å². The molecule has 0 bridgehead atoms. The van der Waals surface area contributed by atoms with Crippen LogP contribution in [0.25, 0.3) is 0 Å². The molecule has 2 aromatic carbocycles. The Hall–Kier alpha value is -2.41. The first kappa shape index (κ1) is 22.3. The lowest BCUT2D eigenvalue weighted by Crippen LogP contribution is -2.49. The standard InChI is InChI=1S/C23H29ClN4O2/c1-17-6-3-4-7-19(17)15-27-10-12-28(13-11-27)16-23(30)25-14-22(29)26-21-9-5-8-20(24)18(21)2/h3-9H,10-16H2,1-2H3,(H,25,30)(H,26,29). The molecular weight excluding hydrogens is 400 g/mol. The molecule has 1 fully saturated rings. The number of nitrogens with one attached hydrogen (secondary N) is 2. The molecule has 0 saturated carbocycles. The Morgan fingerprint density at radius 3 is 2.37 bits per heavy atom. The van der Waals surface area contributed by atoms with Gasteiger partial charge in [0.05, 0.1) is 13.1 Å². The molecule has 1 aliphatic rings. The summed E-state index contributed by atoms with van der Waals surface area (Å²) in [5.74, 6) is -0.405. The Kier molecular flexibility index (Phi) is 7.85. The van der Waals surface area contributed by atoms with Crippen molar-refractivity contribution in [3.05, 3.63) is 64.2 Å². The number of piperazine rings is 1. The molecule has 2 amide bonds. The van der Waals surface area contributed by atoms with Gasteiger partial charge < -0.3 is 10.6 Å². The number of benzene rings is 2. The van der Waals surface area contributed by atoms with Crippen molar-refractivity contribution in [2.75, 3.05) is 44.6 Å². The number of carbonyl (C=O) groups excluding carboxylic acids is 2. The van der Waals surface area contributed by atoms with Gasteiger partial charge >= 0.3 is 0 Å². The molecule has 0 atom stereocenters. The van der Waals surface area contributed by atoms with E-state index in [9.17, 15) is 9.59 Å². The fourth-order valence-corrected chi connectivity index (χ4v) is 3.68. The monoisotopic (exact) mass is 428 g/mol. The Labute approximate surface area is 183 Å². The first-order valence-corrected chi connectivity index (χ1v) is 10.6. The molecule has 0 spiro atoms.